The van der Waals surface area contributed by atoms with Gasteiger partial charge in [0, 0.05) is 18.0 Å². The molecule has 0 amide bonds. The van der Waals surface area contributed by atoms with E-state index in [4.69, 9.17) is 0 Å². The van der Waals surface area contributed by atoms with Crippen molar-refractivity contribution in [2.24, 2.45) is 11.8 Å². The maximum absolute atomic E-state index is 4.53. The standard InChI is InChI=1S/C17H30BrN3/c1-6-21-16(15(18)11-20-21)14-9-12(2)7-8-13(14)10-19-17(3,4)5/h11-14,19H,6-10H2,1-5H3. The molecule has 1 aromatic heterocycles. The van der Waals surface area contributed by atoms with Crippen molar-refractivity contribution in [2.75, 3.05) is 6.54 Å². The lowest BCUT2D eigenvalue weighted by Gasteiger charge is -2.37. The molecule has 3 unspecified atom stereocenters. The molecular weight excluding hydrogens is 326 g/mol. The molecule has 1 aromatic rings. The summed E-state index contributed by atoms with van der Waals surface area (Å²) in [6.07, 6.45) is 5.91. The summed E-state index contributed by atoms with van der Waals surface area (Å²) in [5.41, 5.74) is 1.60. The smallest absolute Gasteiger partial charge is 0.0635 e. The van der Waals surface area contributed by atoms with Crippen molar-refractivity contribution < 1.29 is 0 Å². The number of halogens is 1. The SMILES string of the molecule is CCn1ncc(Br)c1C1CC(C)CCC1CNC(C)(C)C. The first-order valence-corrected chi connectivity index (χ1v) is 9.07. The van der Waals surface area contributed by atoms with E-state index in [1.807, 2.05) is 6.20 Å². The van der Waals surface area contributed by atoms with Gasteiger partial charge in [-0.05, 0) is 74.8 Å². The van der Waals surface area contributed by atoms with E-state index in [9.17, 15) is 0 Å². The normalized spacial score (nSPS) is 27.0. The molecule has 1 aliphatic rings. The van der Waals surface area contributed by atoms with E-state index < -0.39 is 0 Å². The minimum absolute atomic E-state index is 0.190. The molecule has 1 aliphatic carbocycles. The first kappa shape index (κ1) is 17.0. The van der Waals surface area contributed by atoms with Gasteiger partial charge < -0.3 is 5.32 Å². The lowest BCUT2D eigenvalue weighted by atomic mass is 9.73. The molecule has 0 aliphatic heterocycles. The van der Waals surface area contributed by atoms with Crippen molar-refractivity contribution in [3.05, 3.63) is 16.4 Å². The zero-order valence-electron chi connectivity index (χ0n) is 14.1. The minimum Gasteiger partial charge on any atom is -0.312 e. The van der Waals surface area contributed by atoms with Crippen LogP contribution in [0.15, 0.2) is 10.7 Å². The van der Waals surface area contributed by atoms with Gasteiger partial charge in [0.05, 0.1) is 16.4 Å². The number of aryl methyl sites for hydroxylation is 1. The second-order valence-electron chi connectivity index (χ2n) is 7.61. The van der Waals surface area contributed by atoms with Gasteiger partial charge >= 0.3 is 0 Å². The molecule has 120 valence electrons. The van der Waals surface area contributed by atoms with Gasteiger partial charge in [0.25, 0.3) is 0 Å². The van der Waals surface area contributed by atoms with Crippen LogP contribution in [0.3, 0.4) is 0 Å². The Balaban J connectivity index is 2.20. The van der Waals surface area contributed by atoms with Crippen LogP contribution in [0.1, 0.15) is 65.5 Å². The number of rotatable bonds is 4. The molecule has 21 heavy (non-hydrogen) atoms. The van der Waals surface area contributed by atoms with Gasteiger partial charge in [-0.2, -0.15) is 5.10 Å². The van der Waals surface area contributed by atoms with Gasteiger partial charge in [-0.25, -0.2) is 0 Å². The molecule has 2 rings (SSSR count). The third-order valence-corrected chi connectivity index (χ3v) is 5.25. The van der Waals surface area contributed by atoms with Crippen molar-refractivity contribution in [1.82, 2.24) is 15.1 Å². The van der Waals surface area contributed by atoms with Crippen molar-refractivity contribution in [3.8, 4) is 0 Å². The second kappa shape index (κ2) is 6.82. The van der Waals surface area contributed by atoms with Crippen LogP contribution in [0.4, 0.5) is 0 Å². The van der Waals surface area contributed by atoms with Gasteiger partial charge in [-0.3, -0.25) is 4.68 Å². The van der Waals surface area contributed by atoms with Crippen LogP contribution in [0.2, 0.25) is 0 Å². The topological polar surface area (TPSA) is 29.9 Å². The molecule has 1 saturated carbocycles. The van der Waals surface area contributed by atoms with E-state index in [0.29, 0.717) is 11.8 Å². The van der Waals surface area contributed by atoms with Crippen LogP contribution in [-0.2, 0) is 6.54 Å². The van der Waals surface area contributed by atoms with E-state index in [1.54, 1.807) is 0 Å². The van der Waals surface area contributed by atoms with E-state index >= 15 is 0 Å². The summed E-state index contributed by atoms with van der Waals surface area (Å²) in [7, 11) is 0. The minimum atomic E-state index is 0.190. The summed E-state index contributed by atoms with van der Waals surface area (Å²) in [6.45, 7) is 13.4. The maximum Gasteiger partial charge on any atom is 0.0635 e. The lowest BCUT2D eigenvalue weighted by molar-refractivity contribution is 0.219. The summed E-state index contributed by atoms with van der Waals surface area (Å²) in [6, 6.07) is 0. The van der Waals surface area contributed by atoms with Gasteiger partial charge in [-0.15, -0.1) is 0 Å². The average molecular weight is 356 g/mol. The molecule has 1 heterocycles. The van der Waals surface area contributed by atoms with E-state index in [1.165, 1.54) is 29.4 Å². The zero-order valence-corrected chi connectivity index (χ0v) is 15.7. The molecule has 0 saturated heterocycles. The van der Waals surface area contributed by atoms with Crippen molar-refractivity contribution in [1.29, 1.82) is 0 Å². The van der Waals surface area contributed by atoms with Crippen LogP contribution in [0.25, 0.3) is 0 Å². The molecule has 1 fully saturated rings. The number of aromatic nitrogens is 2. The van der Waals surface area contributed by atoms with Crippen molar-refractivity contribution in [2.45, 2.75) is 71.9 Å². The first-order valence-electron chi connectivity index (χ1n) is 8.28. The summed E-state index contributed by atoms with van der Waals surface area (Å²) in [4.78, 5) is 0. The molecule has 1 N–H and O–H groups in total. The van der Waals surface area contributed by atoms with Crippen LogP contribution in [-0.4, -0.2) is 21.9 Å². The molecule has 3 nitrogen and oxygen atoms in total. The molecule has 3 atom stereocenters. The van der Waals surface area contributed by atoms with Crippen LogP contribution in [0, 0.1) is 11.8 Å². The van der Waals surface area contributed by atoms with Crippen LogP contribution < -0.4 is 5.32 Å². The lowest BCUT2D eigenvalue weighted by Crippen LogP contribution is -2.42. The highest BCUT2D eigenvalue weighted by Crippen LogP contribution is 2.42. The Morgan fingerprint density at radius 1 is 1.38 bits per heavy atom. The highest BCUT2D eigenvalue weighted by Gasteiger charge is 2.33. The maximum atomic E-state index is 4.53. The Morgan fingerprint density at radius 3 is 2.71 bits per heavy atom. The van der Waals surface area contributed by atoms with Gasteiger partial charge in [-0.1, -0.05) is 13.3 Å². The fourth-order valence-corrected chi connectivity index (χ4v) is 4.04. The fourth-order valence-electron chi connectivity index (χ4n) is 3.45. The average Bonchev–Trinajstić information content (AvgIpc) is 2.77. The molecular formula is C17H30BrN3. The Kier molecular flexibility index (Phi) is 5.53. The highest BCUT2D eigenvalue weighted by atomic mass is 79.9. The molecule has 0 aromatic carbocycles. The fraction of sp³-hybridized carbons (Fsp3) is 0.824. The summed E-state index contributed by atoms with van der Waals surface area (Å²) >= 11 is 3.73. The highest BCUT2D eigenvalue weighted by molar-refractivity contribution is 9.10. The molecule has 4 heteroatoms. The summed E-state index contributed by atoms with van der Waals surface area (Å²) in [5.74, 6) is 2.13. The predicted molar refractivity (Wildman–Crippen MR) is 92.6 cm³/mol. The van der Waals surface area contributed by atoms with E-state index in [0.717, 1.165) is 19.0 Å². The Hall–Kier alpha value is -0.350. The number of hydrogen-bond donors (Lipinski definition) is 1. The van der Waals surface area contributed by atoms with Crippen LogP contribution in [0.5, 0.6) is 0 Å². The quantitative estimate of drug-likeness (QED) is 0.856. The third-order valence-electron chi connectivity index (χ3n) is 4.63. The van der Waals surface area contributed by atoms with Crippen molar-refractivity contribution in [3.63, 3.8) is 0 Å². The predicted octanol–water partition coefficient (Wildman–Crippen LogP) is 4.57. The van der Waals surface area contributed by atoms with Gasteiger partial charge in [0.1, 0.15) is 0 Å². The molecule has 0 radical (unpaired) electrons. The molecule has 0 bridgehead atoms. The third kappa shape index (κ3) is 4.32. The number of nitrogens with one attached hydrogen (secondary N) is 1. The second-order valence-corrected chi connectivity index (χ2v) is 8.46. The van der Waals surface area contributed by atoms with E-state index in [2.05, 4.69) is 65.6 Å². The monoisotopic (exact) mass is 355 g/mol. The Bertz CT molecular complexity index is 461. The van der Waals surface area contributed by atoms with Gasteiger partial charge in [0.15, 0.2) is 0 Å². The Labute approximate surface area is 138 Å². The summed E-state index contributed by atoms with van der Waals surface area (Å²) < 4.78 is 3.36. The summed E-state index contributed by atoms with van der Waals surface area (Å²) in [5, 5.41) is 8.24. The molecule has 0 spiro atoms. The Morgan fingerprint density at radius 2 is 2.10 bits per heavy atom. The largest absolute Gasteiger partial charge is 0.312 e. The van der Waals surface area contributed by atoms with Crippen LogP contribution >= 0.6 is 15.9 Å². The number of nitrogens with zero attached hydrogens (tertiary/aromatic N) is 2. The van der Waals surface area contributed by atoms with E-state index in [-0.39, 0.29) is 5.54 Å². The zero-order chi connectivity index (χ0) is 15.6. The number of hydrogen-bond acceptors (Lipinski definition) is 2. The van der Waals surface area contributed by atoms with Crippen molar-refractivity contribution >= 4 is 15.9 Å². The first-order chi connectivity index (χ1) is 9.81. The van der Waals surface area contributed by atoms with Gasteiger partial charge in [0.2, 0.25) is 0 Å².